The van der Waals surface area contributed by atoms with Gasteiger partial charge in [0.2, 0.25) is 0 Å². The van der Waals surface area contributed by atoms with Crippen LogP contribution >= 0.6 is 0 Å². The zero-order valence-electron chi connectivity index (χ0n) is 13.0. The van der Waals surface area contributed by atoms with Crippen molar-refractivity contribution in [3.63, 3.8) is 0 Å². The van der Waals surface area contributed by atoms with Crippen molar-refractivity contribution in [3.05, 3.63) is 0 Å². The molecule has 3 rings (SSSR count). The number of nitrogens with two attached hydrogens (primary N) is 1. The third-order valence-corrected chi connectivity index (χ3v) is 5.73. The van der Waals surface area contributed by atoms with Crippen LogP contribution in [0.4, 0.5) is 0 Å². The Balaban J connectivity index is 1.69. The molecule has 3 saturated heterocycles. The highest BCUT2D eigenvalue weighted by Gasteiger charge is 2.52. The molecule has 0 saturated carbocycles. The van der Waals surface area contributed by atoms with E-state index in [9.17, 15) is 0 Å². The average molecular weight is 281 g/mol. The van der Waals surface area contributed by atoms with Gasteiger partial charge in [0, 0.05) is 37.8 Å². The van der Waals surface area contributed by atoms with Crippen molar-refractivity contribution in [2.45, 2.75) is 63.1 Å². The van der Waals surface area contributed by atoms with Gasteiger partial charge >= 0.3 is 0 Å². The summed E-state index contributed by atoms with van der Waals surface area (Å²) < 4.78 is 6.03. The predicted molar refractivity (Wildman–Crippen MR) is 81.8 cm³/mol. The molecule has 0 amide bonds. The molecule has 4 nitrogen and oxygen atoms in total. The van der Waals surface area contributed by atoms with Crippen molar-refractivity contribution in [3.8, 4) is 0 Å². The second-order valence-electron chi connectivity index (χ2n) is 6.83. The van der Waals surface area contributed by atoms with Crippen LogP contribution in [0.2, 0.25) is 0 Å². The Hall–Kier alpha value is -0.160. The van der Waals surface area contributed by atoms with Gasteiger partial charge < -0.3 is 10.5 Å². The predicted octanol–water partition coefficient (Wildman–Crippen LogP) is 1.44. The van der Waals surface area contributed by atoms with E-state index in [0.717, 1.165) is 26.1 Å². The van der Waals surface area contributed by atoms with Gasteiger partial charge in [-0.1, -0.05) is 6.92 Å². The first kappa shape index (κ1) is 14.8. The van der Waals surface area contributed by atoms with Gasteiger partial charge in [-0.2, -0.15) is 0 Å². The molecule has 0 aromatic carbocycles. The topological polar surface area (TPSA) is 41.7 Å². The van der Waals surface area contributed by atoms with Crippen LogP contribution in [-0.2, 0) is 4.74 Å². The molecule has 116 valence electrons. The summed E-state index contributed by atoms with van der Waals surface area (Å²) in [6, 6.07) is 0.706. The van der Waals surface area contributed by atoms with Gasteiger partial charge in [0.1, 0.15) is 0 Å². The lowest BCUT2D eigenvalue weighted by molar-refractivity contribution is -0.0431. The Kier molecular flexibility index (Phi) is 4.65. The lowest BCUT2D eigenvalue weighted by Crippen LogP contribution is -2.62. The van der Waals surface area contributed by atoms with Crippen LogP contribution in [0.1, 0.15) is 45.4 Å². The third-order valence-electron chi connectivity index (χ3n) is 5.73. The summed E-state index contributed by atoms with van der Waals surface area (Å²) >= 11 is 0. The van der Waals surface area contributed by atoms with Crippen LogP contribution in [0.5, 0.6) is 0 Å². The molecule has 0 bridgehead atoms. The minimum atomic E-state index is 0.241. The summed E-state index contributed by atoms with van der Waals surface area (Å²) in [5, 5.41) is 0. The van der Waals surface area contributed by atoms with Crippen molar-refractivity contribution in [1.29, 1.82) is 0 Å². The maximum Gasteiger partial charge on any atom is 0.0702 e. The van der Waals surface area contributed by atoms with Gasteiger partial charge in [-0.3, -0.25) is 9.80 Å². The van der Waals surface area contributed by atoms with E-state index in [2.05, 4.69) is 16.7 Å². The van der Waals surface area contributed by atoms with E-state index < -0.39 is 0 Å². The molecule has 0 aliphatic carbocycles. The molecular weight excluding hydrogens is 250 g/mol. The van der Waals surface area contributed by atoms with Crippen molar-refractivity contribution < 1.29 is 4.74 Å². The first-order valence-corrected chi connectivity index (χ1v) is 8.61. The Bertz CT molecular complexity index is 325. The highest BCUT2D eigenvalue weighted by atomic mass is 16.5. The highest BCUT2D eigenvalue weighted by molar-refractivity contribution is 5.10. The molecule has 0 aromatic rings. The van der Waals surface area contributed by atoms with Crippen LogP contribution < -0.4 is 5.73 Å². The van der Waals surface area contributed by atoms with Crippen LogP contribution in [0.25, 0.3) is 0 Å². The minimum absolute atomic E-state index is 0.241. The largest absolute Gasteiger partial charge is 0.377 e. The smallest absolute Gasteiger partial charge is 0.0702 e. The van der Waals surface area contributed by atoms with E-state index in [4.69, 9.17) is 10.5 Å². The number of rotatable bonds is 5. The van der Waals surface area contributed by atoms with E-state index in [-0.39, 0.29) is 5.54 Å². The molecule has 3 unspecified atom stereocenters. The first-order valence-electron chi connectivity index (χ1n) is 8.61. The molecule has 3 heterocycles. The fourth-order valence-corrected chi connectivity index (χ4v) is 4.71. The van der Waals surface area contributed by atoms with Gasteiger partial charge in [0.25, 0.3) is 0 Å². The minimum Gasteiger partial charge on any atom is -0.377 e. The summed E-state index contributed by atoms with van der Waals surface area (Å²) in [5.41, 5.74) is 6.53. The Labute approximate surface area is 123 Å². The SMILES string of the molecule is CCCOC1CCCN(C2(CN)CCN3CCCC32)C1. The summed E-state index contributed by atoms with van der Waals surface area (Å²) in [6.45, 7) is 8.76. The molecule has 2 N–H and O–H groups in total. The van der Waals surface area contributed by atoms with Crippen LogP contribution in [0.3, 0.4) is 0 Å². The molecule has 0 spiro atoms. The molecule has 0 aromatic heterocycles. The van der Waals surface area contributed by atoms with Crippen molar-refractivity contribution in [1.82, 2.24) is 9.80 Å². The van der Waals surface area contributed by atoms with Crippen LogP contribution in [-0.4, -0.2) is 66.8 Å². The summed E-state index contributed by atoms with van der Waals surface area (Å²) in [6.07, 6.45) is 8.00. The molecule has 3 aliphatic heterocycles. The number of likely N-dealkylation sites (tertiary alicyclic amines) is 1. The number of nitrogens with zero attached hydrogens (tertiary/aromatic N) is 2. The standard InChI is InChI=1S/C16H31N3O/c1-2-11-20-14-5-3-9-19(12-14)16(13-17)7-10-18-8-4-6-15(16)18/h14-15H,2-13,17H2,1H3. The van der Waals surface area contributed by atoms with Gasteiger partial charge in [0.05, 0.1) is 6.10 Å². The van der Waals surface area contributed by atoms with Gasteiger partial charge in [0.15, 0.2) is 0 Å². The number of piperidine rings is 1. The normalized spacial score (nSPS) is 39.3. The number of fused-ring (bicyclic) bond motifs is 1. The van der Waals surface area contributed by atoms with Crippen LogP contribution in [0, 0.1) is 0 Å². The zero-order chi connectivity index (χ0) is 14.0. The molecular formula is C16H31N3O. The van der Waals surface area contributed by atoms with E-state index in [1.165, 1.54) is 51.7 Å². The van der Waals surface area contributed by atoms with Crippen molar-refractivity contribution >= 4 is 0 Å². The zero-order valence-corrected chi connectivity index (χ0v) is 13.0. The second kappa shape index (κ2) is 6.30. The maximum absolute atomic E-state index is 6.29. The molecule has 3 aliphatic rings. The van der Waals surface area contributed by atoms with Gasteiger partial charge in [-0.25, -0.2) is 0 Å². The second-order valence-corrected chi connectivity index (χ2v) is 6.83. The Morgan fingerprint density at radius 2 is 2.05 bits per heavy atom. The highest BCUT2D eigenvalue weighted by Crippen LogP contribution is 2.40. The Morgan fingerprint density at radius 1 is 1.20 bits per heavy atom. The van der Waals surface area contributed by atoms with Gasteiger partial charge in [-0.05, 0) is 51.6 Å². The van der Waals surface area contributed by atoms with E-state index in [1.54, 1.807) is 0 Å². The lowest BCUT2D eigenvalue weighted by Gasteiger charge is -2.48. The maximum atomic E-state index is 6.29. The molecule has 3 atom stereocenters. The Morgan fingerprint density at radius 3 is 2.85 bits per heavy atom. The number of ether oxygens (including phenoxy) is 1. The van der Waals surface area contributed by atoms with Crippen LogP contribution in [0.15, 0.2) is 0 Å². The molecule has 3 fully saturated rings. The number of hydrogen-bond acceptors (Lipinski definition) is 4. The monoisotopic (exact) mass is 281 g/mol. The van der Waals surface area contributed by atoms with Crippen molar-refractivity contribution in [2.24, 2.45) is 5.73 Å². The average Bonchev–Trinajstić information content (AvgIpc) is 3.08. The molecule has 20 heavy (non-hydrogen) atoms. The lowest BCUT2D eigenvalue weighted by atomic mass is 9.85. The number of hydrogen-bond donors (Lipinski definition) is 1. The summed E-state index contributed by atoms with van der Waals surface area (Å²) in [5.74, 6) is 0. The fourth-order valence-electron chi connectivity index (χ4n) is 4.71. The molecule has 0 radical (unpaired) electrons. The quantitative estimate of drug-likeness (QED) is 0.828. The summed E-state index contributed by atoms with van der Waals surface area (Å²) in [7, 11) is 0. The third kappa shape index (κ3) is 2.52. The summed E-state index contributed by atoms with van der Waals surface area (Å²) in [4.78, 5) is 5.39. The van der Waals surface area contributed by atoms with E-state index in [1.807, 2.05) is 0 Å². The van der Waals surface area contributed by atoms with E-state index in [0.29, 0.717) is 12.1 Å². The first-order chi connectivity index (χ1) is 9.80. The molecule has 4 heteroatoms. The van der Waals surface area contributed by atoms with Crippen molar-refractivity contribution in [2.75, 3.05) is 39.3 Å². The fraction of sp³-hybridized carbons (Fsp3) is 1.00. The van der Waals surface area contributed by atoms with Gasteiger partial charge in [-0.15, -0.1) is 0 Å². The van der Waals surface area contributed by atoms with E-state index >= 15 is 0 Å².